The minimum Gasteiger partial charge on any atom is -0.274 e. The Balaban J connectivity index is 1.30. The second-order valence-electron chi connectivity index (χ2n) is 8.36. The van der Waals surface area contributed by atoms with E-state index >= 15 is 0 Å². The Morgan fingerprint density at radius 1 is 0.919 bits per heavy atom. The Morgan fingerprint density at radius 2 is 1.59 bits per heavy atom. The molecule has 5 rings (SSSR count). The van der Waals surface area contributed by atoms with Crippen molar-refractivity contribution in [3.63, 3.8) is 0 Å². The third kappa shape index (κ3) is 5.68. The fourth-order valence-electron chi connectivity index (χ4n) is 3.78. The molecule has 0 aliphatic heterocycles. The van der Waals surface area contributed by atoms with Crippen molar-refractivity contribution in [2.75, 3.05) is 5.75 Å². The first kappa shape index (κ1) is 24.2. The number of hydrogen-bond acceptors (Lipinski definition) is 6. The van der Waals surface area contributed by atoms with Crippen molar-refractivity contribution >= 4 is 23.9 Å². The predicted octanol–water partition coefficient (Wildman–Crippen LogP) is 4.98. The van der Waals surface area contributed by atoms with Gasteiger partial charge in [0.15, 0.2) is 5.16 Å². The molecule has 0 aliphatic carbocycles. The van der Waals surface area contributed by atoms with Crippen LogP contribution in [0.15, 0.2) is 101 Å². The van der Waals surface area contributed by atoms with Gasteiger partial charge in [0.2, 0.25) is 0 Å². The number of nitrogens with one attached hydrogen (secondary N) is 1. The standard InChI is InChI=1S/C28H25N7OS/c1-20-13-15-22(16-14-20)27-23(18-34(33-27)24-9-5-3-6-10-24)17-29-31-26(36)19-37-28-32-30-21(2)35(28)25-11-7-4-8-12-25/h3-18H,19H2,1-2H3,(H,31,36)/b29-17-. The highest BCUT2D eigenvalue weighted by Gasteiger charge is 2.14. The molecule has 0 saturated carbocycles. The number of aromatic nitrogens is 5. The van der Waals surface area contributed by atoms with Crippen molar-refractivity contribution in [1.29, 1.82) is 0 Å². The molecule has 0 aliphatic rings. The van der Waals surface area contributed by atoms with E-state index in [1.54, 1.807) is 6.21 Å². The average Bonchev–Trinajstić information content (AvgIpc) is 3.52. The predicted molar refractivity (Wildman–Crippen MR) is 146 cm³/mol. The summed E-state index contributed by atoms with van der Waals surface area (Å²) in [7, 11) is 0. The number of carbonyl (C=O) groups excluding carboxylic acids is 1. The summed E-state index contributed by atoms with van der Waals surface area (Å²) >= 11 is 1.31. The molecular formula is C28H25N7OS. The first-order chi connectivity index (χ1) is 18.1. The molecule has 8 nitrogen and oxygen atoms in total. The van der Waals surface area contributed by atoms with Crippen LogP contribution in [0.1, 0.15) is 17.0 Å². The van der Waals surface area contributed by atoms with Crippen molar-refractivity contribution in [3.05, 3.63) is 108 Å². The van der Waals surface area contributed by atoms with Crippen LogP contribution in [0.4, 0.5) is 0 Å². The highest BCUT2D eigenvalue weighted by molar-refractivity contribution is 7.99. The van der Waals surface area contributed by atoms with Gasteiger partial charge in [0.1, 0.15) is 11.5 Å². The zero-order valence-corrected chi connectivity index (χ0v) is 21.3. The van der Waals surface area contributed by atoms with Crippen molar-refractivity contribution in [2.45, 2.75) is 19.0 Å². The topological polar surface area (TPSA) is 90.0 Å². The van der Waals surface area contributed by atoms with Gasteiger partial charge in [-0.05, 0) is 38.1 Å². The van der Waals surface area contributed by atoms with E-state index in [1.165, 1.54) is 17.3 Å². The zero-order chi connectivity index (χ0) is 25.6. The van der Waals surface area contributed by atoms with Gasteiger partial charge in [0.25, 0.3) is 5.91 Å². The summed E-state index contributed by atoms with van der Waals surface area (Å²) in [5.41, 5.74) is 8.22. The molecule has 0 saturated heterocycles. The number of hydrazone groups is 1. The molecule has 9 heteroatoms. The number of aryl methyl sites for hydroxylation is 2. The number of carbonyl (C=O) groups is 1. The van der Waals surface area contributed by atoms with Gasteiger partial charge in [0, 0.05) is 23.0 Å². The Labute approximate surface area is 219 Å². The monoisotopic (exact) mass is 507 g/mol. The molecule has 1 N–H and O–H groups in total. The molecule has 5 aromatic rings. The van der Waals surface area contributed by atoms with Crippen LogP contribution in [-0.4, -0.2) is 42.4 Å². The summed E-state index contributed by atoms with van der Waals surface area (Å²) in [6.07, 6.45) is 3.53. The summed E-state index contributed by atoms with van der Waals surface area (Å²) < 4.78 is 3.74. The number of nitrogens with zero attached hydrogens (tertiary/aromatic N) is 6. The van der Waals surface area contributed by atoms with Gasteiger partial charge in [-0.1, -0.05) is 78.0 Å². The summed E-state index contributed by atoms with van der Waals surface area (Å²) in [5.74, 6) is 0.663. The molecule has 0 atom stereocenters. The number of hydrogen-bond donors (Lipinski definition) is 1. The number of thioether (sulfide) groups is 1. The van der Waals surface area contributed by atoms with E-state index in [9.17, 15) is 4.79 Å². The Bertz CT molecular complexity index is 1520. The van der Waals surface area contributed by atoms with Crippen molar-refractivity contribution in [2.24, 2.45) is 5.10 Å². The minimum absolute atomic E-state index is 0.149. The van der Waals surface area contributed by atoms with E-state index in [4.69, 9.17) is 5.10 Å². The second kappa shape index (κ2) is 11.0. The van der Waals surface area contributed by atoms with E-state index < -0.39 is 0 Å². The van der Waals surface area contributed by atoms with Crippen LogP contribution in [0.5, 0.6) is 0 Å². The van der Waals surface area contributed by atoms with E-state index in [-0.39, 0.29) is 11.7 Å². The van der Waals surface area contributed by atoms with E-state index in [0.29, 0.717) is 5.16 Å². The van der Waals surface area contributed by atoms with Crippen molar-refractivity contribution < 1.29 is 4.79 Å². The molecule has 2 heterocycles. The molecule has 0 fully saturated rings. The fraction of sp³-hybridized carbons (Fsp3) is 0.107. The van der Waals surface area contributed by atoms with Gasteiger partial charge in [0.05, 0.1) is 17.7 Å². The van der Waals surface area contributed by atoms with Gasteiger partial charge in [-0.15, -0.1) is 10.2 Å². The first-order valence-electron chi connectivity index (χ1n) is 11.7. The van der Waals surface area contributed by atoms with Gasteiger partial charge >= 0.3 is 0 Å². The molecule has 0 unspecified atom stereocenters. The largest absolute Gasteiger partial charge is 0.274 e. The Kier molecular flexibility index (Phi) is 7.23. The average molecular weight is 508 g/mol. The maximum Gasteiger partial charge on any atom is 0.250 e. The van der Waals surface area contributed by atoms with Crippen LogP contribution in [0.3, 0.4) is 0 Å². The molecule has 3 aromatic carbocycles. The van der Waals surface area contributed by atoms with Crippen molar-refractivity contribution in [3.8, 4) is 22.6 Å². The quantitative estimate of drug-likeness (QED) is 0.182. The van der Waals surface area contributed by atoms with Gasteiger partial charge in [-0.2, -0.15) is 10.2 Å². The first-order valence-corrected chi connectivity index (χ1v) is 12.7. The maximum atomic E-state index is 12.6. The minimum atomic E-state index is -0.242. The summed E-state index contributed by atoms with van der Waals surface area (Å²) in [6, 6.07) is 27.9. The third-order valence-electron chi connectivity index (χ3n) is 5.62. The Morgan fingerprint density at radius 3 is 2.30 bits per heavy atom. The summed E-state index contributed by atoms with van der Waals surface area (Å²) in [5, 5.41) is 18.0. The molecule has 37 heavy (non-hydrogen) atoms. The Hall–Kier alpha value is -4.50. The van der Waals surface area contributed by atoms with E-state index in [0.717, 1.165) is 34.0 Å². The van der Waals surface area contributed by atoms with E-state index in [2.05, 4.69) is 20.7 Å². The number of rotatable bonds is 8. The normalized spacial score (nSPS) is 11.2. The van der Waals surface area contributed by atoms with Gasteiger partial charge in [-0.3, -0.25) is 9.36 Å². The second-order valence-corrected chi connectivity index (χ2v) is 9.30. The SMILES string of the molecule is Cc1ccc(-c2nn(-c3ccccc3)cc2/C=N\NC(=O)CSc2nnc(C)n2-c2ccccc2)cc1. The lowest BCUT2D eigenvalue weighted by molar-refractivity contribution is -0.118. The maximum absolute atomic E-state index is 12.6. The van der Waals surface area contributed by atoms with Crippen molar-refractivity contribution in [1.82, 2.24) is 30.0 Å². The third-order valence-corrected chi connectivity index (χ3v) is 6.55. The molecular weight excluding hydrogens is 482 g/mol. The van der Waals surface area contributed by atoms with Gasteiger partial charge < -0.3 is 0 Å². The highest BCUT2D eigenvalue weighted by Crippen LogP contribution is 2.24. The van der Waals surface area contributed by atoms with Crippen LogP contribution in [-0.2, 0) is 4.79 Å². The molecule has 184 valence electrons. The number of para-hydroxylation sites is 2. The van der Waals surface area contributed by atoms with Crippen LogP contribution in [0, 0.1) is 13.8 Å². The van der Waals surface area contributed by atoms with Gasteiger partial charge in [-0.25, -0.2) is 10.1 Å². The molecule has 1 amide bonds. The smallest absolute Gasteiger partial charge is 0.250 e. The van der Waals surface area contributed by atoms with Crippen LogP contribution < -0.4 is 5.43 Å². The molecule has 0 spiro atoms. The lowest BCUT2D eigenvalue weighted by Crippen LogP contribution is -2.20. The van der Waals surface area contributed by atoms with E-state index in [1.807, 2.05) is 114 Å². The molecule has 0 radical (unpaired) electrons. The summed E-state index contributed by atoms with van der Waals surface area (Å²) in [6.45, 7) is 3.93. The molecule has 2 aromatic heterocycles. The lowest BCUT2D eigenvalue weighted by Gasteiger charge is -2.07. The van der Waals surface area contributed by atoms with Crippen LogP contribution >= 0.6 is 11.8 Å². The zero-order valence-electron chi connectivity index (χ0n) is 20.4. The number of benzene rings is 3. The fourth-order valence-corrected chi connectivity index (χ4v) is 4.57. The van der Waals surface area contributed by atoms with Crippen LogP contribution in [0.2, 0.25) is 0 Å². The summed E-state index contributed by atoms with van der Waals surface area (Å²) in [4.78, 5) is 12.6. The molecule has 0 bridgehead atoms. The number of amides is 1. The highest BCUT2D eigenvalue weighted by atomic mass is 32.2. The van der Waals surface area contributed by atoms with Crippen LogP contribution in [0.25, 0.3) is 22.6 Å². The lowest BCUT2D eigenvalue weighted by atomic mass is 10.1.